The molecule has 0 aromatic heterocycles. The first-order valence-corrected chi connectivity index (χ1v) is 7.70. The molecule has 0 bridgehead atoms. The van der Waals surface area contributed by atoms with Gasteiger partial charge in [0, 0.05) is 30.3 Å². The molecule has 2 aromatic rings. The minimum Gasteiger partial charge on any atom is -0.496 e. The summed E-state index contributed by atoms with van der Waals surface area (Å²) in [5.74, 6) is 0.659. The molecule has 23 heavy (non-hydrogen) atoms. The lowest BCUT2D eigenvalue weighted by molar-refractivity contribution is -0.125. The summed E-state index contributed by atoms with van der Waals surface area (Å²) in [6, 6.07) is 15.2. The second-order valence-electron chi connectivity index (χ2n) is 5.34. The molecule has 0 saturated heterocycles. The lowest BCUT2D eigenvalue weighted by atomic mass is 10.1. The lowest BCUT2D eigenvalue weighted by Crippen LogP contribution is -2.24. The predicted molar refractivity (Wildman–Crippen MR) is 94.6 cm³/mol. The molecule has 1 amide bonds. The molecule has 0 saturated carbocycles. The monoisotopic (exact) mass is 329 g/mol. The van der Waals surface area contributed by atoms with Crippen LogP contribution in [0.1, 0.15) is 18.1 Å². The lowest BCUT2D eigenvalue weighted by Gasteiger charge is -2.18. The van der Waals surface area contributed by atoms with E-state index < -0.39 is 0 Å². The SMILES string of the molecule is COc1ccc(Cl)cc1CN(C)C(=O)/C=C(/C)c1ccccc1. The molecule has 0 N–H and O–H groups in total. The van der Waals surface area contributed by atoms with Gasteiger partial charge >= 0.3 is 0 Å². The van der Waals surface area contributed by atoms with Gasteiger partial charge in [0.1, 0.15) is 5.75 Å². The summed E-state index contributed by atoms with van der Waals surface area (Å²) in [6.07, 6.45) is 1.65. The molecule has 0 aliphatic rings. The van der Waals surface area contributed by atoms with Crippen LogP contribution in [0.3, 0.4) is 0 Å². The van der Waals surface area contributed by atoms with E-state index in [1.54, 1.807) is 37.3 Å². The second kappa shape index (κ2) is 7.84. The maximum atomic E-state index is 12.4. The Kier molecular flexibility index (Phi) is 5.83. The van der Waals surface area contributed by atoms with E-state index in [0.717, 1.165) is 22.4 Å². The Morgan fingerprint density at radius 2 is 1.91 bits per heavy atom. The van der Waals surface area contributed by atoms with Crippen LogP contribution in [0.25, 0.3) is 5.57 Å². The van der Waals surface area contributed by atoms with Crippen LogP contribution in [0.4, 0.5) is 0 Å². The number of halogens is 1. The van der Waals surface area contributed by atoms with Crippen molar-refractivity contribution in [2.75, 3.05) is 14.2 Å². The van der Waals surface area contributed by atoms with Gasteiger partial charge in [0.05, 0.1) is 7.11 Å². The van der Waals surface area contributed by atoms with Crippen LogP contribution >= 0.6 is 11.6 Å². The molecule has 2 rings (SSSR count). The third kappa shape index (κ3) is 4.60. The Morgan fingerprint density at radius 1 is 1.22 bits per heavy atom. The summed E-state index contributed by atoms with van der Waals surface area (Å²) in [5, 5.41) is 0.623. The van der Waals surface area contributed by atoms with Crippen molar-refractivity contribution in [3.05, 3.63) is 70.8 Å². The summed E-state index contributed by atoms with van der Waals surface area (Å²) in [6.45, 7) is 2.36. The number of amides is 1. The molecular formula is C19H20ClNO2. The van der Waals surface area contributed by atoms with Crippen LogP contribution in [-0.2, 0) is 11.3 Å². The minimum atomic E-state index is -0.0617. The van der Waals surface area contributed by atoms with E-state index in [9.17, 15) is 4.79 Å². The van der Waals surface area contributed by atoms with Gasteiger partial charge in [-0.3, -0.25) is 4.79 Å². The quantitative estimate of drug-likeness (QED) is 0.760. The normalized spacial score (nSPS) is 11.2. The number of hydrogen-bond donors (Lipinski definition) is 0. The summed E-state index contributed by atoms with van der Waals surface area (Å²) in [5.41, 5.74) is 2.84. The molecule has 120 valence electrons. The van der Waals surface area contributed by atoms with Crippen LogP contribution in [0.5, 0.6) is 5.75 Å². The first-order valence-electron chi connectivity index (χ1n) is 7.32. The molecule has 4 heteroatoms. The summed E-state index contributed by atoms with van der Waals surface area (Å²) < 4.78 is 5.32. The Bertz CT molecular complexity index is 711. The molecule has 0 heterocycles. The van der Waals surface area contributed by atoms with Gasteiger partial charge in [-0.15, -0.1) is 0 Å². The van der Waals surface area contributed by atoms with Gasteiger partial charge < -0.3 is 9.64 Å². The Balaban J connectivity index is 2.13. The van der Waals surface area contributed by atoms with Crippen LogP contribution in [0, 0.1) is 0 Å². The fourth-order valence-corrected chi connectivity index (χ4v) is 2.48. The topological polar surface area (TPSA) is 29.5 Å². The van der Waals surface area contributed by atoms with Crippen LogP contribution in [0.15, 0.2) is 54.6 Å². The van der Waals surface area contributed by atoms with Crippen molar-refractivity contribution in [3.8, 4) is 5.75 Å². The van der Waals surface area contributed by atoms with E-state index in [1.807, 2.05) is 43.3 Å². The highest BCUT2D eigenvalue weighted by molar-refractivity contribution is 6.30. The number of ether oxygens (including phenoxy) is 1. The Morgan fingerprint density at radius 3 is 2.57 bits per heavy atom. The molecule has 0 unspecified atom stereocenters. The van der Waals surface area contributed by atoms with Crippen molar-refractivity contribution >= 4 is 23.1 Å². The first kappa shape index (κ1) is 17.1. The Hall–Kier alpha value is -2.26. The number of nitrogens with zero attached hydrogens (tertiary/aromatic N) is 1. The summed E-state index contributed by atoms with van der Waals surface area (Å²) in [4.78, 5) is 14.0. The van der Waals surface area contributed by atoms with Gasteiger partial charge in [0.15, 0.2) is 0 Å². The maximum absolute atomic E-state index is 12.4. The van der Waals surface area contributed by atoms with Crippen molar-refractivity contribution in [1.82, 2.24) is 4.90 Å². The largest absolute Gasteiger partial charge is 0.496 e. The van der Waals surface area contributed by atoms with E-state index in [-0.39, 0.29) is 5.91 Å². The molecule has 0 atom stereocenters. The van der Waals surface area contributed by atoms with E-state index in [2.05, 4.69) is 0 Å². The van der Waals surface area contributed by atoms with Gasteiger partial charge in [0.2, 0.25) is 5.91 Å². The zero-order valence-corrected chi connectivity index (χ0v) is 14.3. The van der Waals surface area contributed by atoms with Gasteiger partial charge in [-0.2, -0.15) is 0 Å². The molecule has 0 fully saturated rings. The fraction of sp³-hybridized carbons (Fsp3) is 0.211. The minimum absolute atomic E-state index is 0.0617. The van der Waals surface area contributed by atoms with Gasteiger partial charge in [-0.25, -0.2) is 0 Å². The third-order valence-corrected chi connectivity index (χ3v) is 3.83. The first-order chi connectivity index (χ1) is 11.0. The van der Waals surface area contributed by atoms with Crippen molar-refractivity contribution < 1.29 is 9.53 Å². The van der Waals surface area contributed by atoms with E-state index in [0.29, 0.717) is 11.6 Å². The molecular weight excluding hydrogens is 310 g/mol. The van der Waals surface area contributed by atoms with Crippen molar-refractivity contribution in [2.24, 2.45) is 0 Å². The number of carbonyl (C=O) groups is 1. The average Bonchev–Trinajstić information content (AvgIpc) is 2.55. The van der Waals surface area contributed by atoms with E-state index in [1.165, 1.54) is 0 Å². The standard InChI is InChI=1S/C19H20ClNO2/c1-14(15-7-5-4-6-8-15)11-19(22)21(2)13-16-12-17(20)9-10-18(16)23-3/h4-12H,13H2,1-3H3/b14-11-. The highest BCUT2D eigenvalue weighted by Crippen LogP contribution is 2.24. The molecule has 2 aromatic carbocycles. The molecule has 0 aliphatic carbocycles. The number of benzene rings is 2. The van der Waals surface area contributed by atoms with E-state index in [4.69, 9.17) is 16.3 Å². The second-order valence-corrected chi connectivity index (χ2v) is 5.78. The number of rotatable bonds is 5. The zero-order chi connectivity index (χ0) is 16.8. The number of allylic oxidation sites excluding steroid dienone is 1. The summed E-state index contributed by atoms with van der Waals surface area (Å²) >= 11 is 6.03. The van der Waals surface area contributed by atoms with Crippen molar-refractivity contribution in [2.45, 2.75) is 13.5 Å². The van der Waals surface area contributed by atoms with Gasteiger partial charge in [-0.05, 0) is 36.3 Å². The number of hydrogen-bond acceptors (Lipinski definition) is 2. The van der Waals surface area contributed by atoms with Crippen molar-refractivity contribution in [3.63, 3.8) is 0 Å². The Labute approximate surface area is 142 Å². The smallest absolute Gasteiger partial charge is 0.246 e. The number of likely N-dealkylation sites (N-methyl/N-ethyl adjacent to an activating group) is 1. The van der Waals surface area contributed by atoms with Crippen molar-refractivity contribution in [1.29, 1.82) is 0 Å². The molecule has 0 spiro atoms. The van der Waals surface area contributed by atoms with Crippen LogP contribution < -0.4 is 4.74 Å². The third-order valence-electron chi connectivity index (χ3n) is 3.60. The number of methoxy groups -OCH3 is 1. The molecule has 3 nitrogen and oxygen atoms in total. The summed E-state index contributed by atoms with van der Waals surface area (Å²) in [7, 11) is 3.37. The number of carbonyl (C=O) groups excluding carboxylic acids is 1. The van der Waals surface area contributed by atoms with Crippen LogP contribution in [0.2, 0.25) is 5.02 Å². The van der Waals surface area contributed by atoms with Crippen LogP contribution in [-0.4, -0.2) is 25.0 Å². The molecule has 0 radical (unpaired) electrons. The predicted octanol–water partition coefficient (Wildman–Crippen LogP) is 4.41. The average molecular weight is 330 g/mol. The zero-order valence-electron chi connectivity index (χ0n) is 13.5. The fourth-order valence-electron chi connectivity index (χ4n) is 2.28. The highest BCUT2D eigenvalue weighted by atomic mass is 35.5. The maximum Gasteiger partial charge on any atom is 0.246 e. The molecule has 0 aliphatic heterocycles. The van der Waals surface area contributed by atoms with E-state index >= 15 is 0 Å². The highest BCUT2D eigenvalue weighted by Gasteiger charge is 2.11. The van der Waals surface area contributed by atoms with Gasteiger partial charge in [-0.1, -0.05) is 41.9 Å². The van der Waals surface area contributed by atoms with Gasteiger partial charge in [0.25, 0.3) is 0 Å².